The minimum atomic E-state index is -1.04. The molecule has 7 heteroatoms. The first-order valence-corrected chi connectivity index (χ1v) is 9.58. The maximum atomic E-state index is 13.0. The number of aromatic amines is 1. The minimum Gasteiger partial charge on any atom is -0.344 e. The number of hydrogen-bond donors (Lipinski definition) is 3. The lowest BCUT2D eigenvalue weighted by Gasteiger charge is -2.22. The van der Waals surface area contributed by atoms with Gasteiger partial charge in [0.05, 0.1) is 6.04 Å². The molecule has 0 radical (unpaired) electrons. The van der Waals surface area contributed by atoms with E-state index < -0.39 is 23.9 Å². The van der Waals surface area contributed by atoms with Crippen LogP contribution in [-0.2, 0) is 20.8 Å². The van der Waals surface area contributed by atoms with Crippen LogP contribution in [0.5, 0.6) is 0 Å². The number of ketones is 1. The predicted molar refractivity (Wildman–Crippen MR) is 114 cm³/mol. The zero-order valence-electron chi connectivity index (χ0n) is 16.8. The summed E-state index contributed by atoms with van der Waals surface area (Å²) in [4.78, 5) is 51.7. The van der Waals surface area contributed by atoms with Gasteiger partial charge in [-0.3, -0.25) is 19.2 Å². The molecule has 3 rings (SSSR count). The molecule has 0 aliphatic rings. The average Bonchev–Trinajstić information content (AvgIpc) is 2.72. The highest BCUT2D eigenvalue weighted by atomic mass is 16.2. The van der Waals surface area contributed by atoms with Crippen molar-refractivity contribution in [3.8, 4) is 0 Å². The monoisotopic (exact) mass is 405 g/mol. The first-order valence-electron chi connectivity index (χ1n) is 9.58. The van der Waals surface area contributed by atoms with Gasteiger partial charge in [0.25, 0.3) is 5.56 Å². The normalized spacial score (nSPS) is 12.7. The standard InChI is InChI=1S/C23H23N3O4/c1-14(27)20(12-16-6-4-3-5-7-16)26-23(30)21(25-15(2)28)18-9-8-17-10-11-24-22(29)19(17)13-18/h3-11,13,20-21H,12H2,1-2H3,(H,24,29)(H,25,28)(H,26,30). The molecule has 30 heavy (non-hydrogen) atoms. The van der Waals surface area contributed by atoms with E-state index in [0.717, 1.165) is 10.9 Å². The number of amides is 2. The van der Waals surface area contributed by atoms with Crippen LogP contribution in [0.25, 0.3) is 10.8 Å². The quantitative estimate of drug-likeness (QED) is 0.559. The molecule has 2 unspecified atom stereocenters. The van der Waals surface area contributed by atoms with E-state index in [9.17, 15) is 19.2 Å². The number of nitrogens with one attached hydrogen (secondary N) is 3. The van der Waals surface area contributed by atoms with Crippen molar-refractivity contribution in [2.75, 3.05) is 0 Å². The van der Waals surface area contributed by atoms with Gasteiger partial charge >= 0.3 is 0 Å². The first-order chi connectivity index (χ1) is 14.3. The second kappa shape index (κ2) is 9.17. The highest BCUT2D eigenvalue weighted by molar-refractivity contribution is 5.93. The Hall–Kier alpha value is -3.74. The Balaban J connectivity index is 1.89. The van der Waals surface area contributed by atoms with Crippen LogP contribution in [0.15, 0.2) is 65.6 Å². The van der Waals surface area contributed by atoms with E-state index in [1.165, 1.54) is 13.8 Å². The number of hydrogen-bond acceptors (Lipinski definition) is 4. The van der Waals surface area contributed by atoms with Crippen molar-refractivity contribution in [1.29, 1.82) is 0 Å². The van der Waals surface area contributed by atoms with Crippen molar-refractivity contribution in [1.82, 2.24) is 15.6 Å². The van der Waals surface area contributed by atoms with E-state index in [-0.39, 0.29) is 11.3 Å². The Bertz CT molecular complexity index is 1140. The van der Waals surface area contributed by atoms with Gasteiger partial charge in [0, 0.05) is 18.5 Å². The highest BCUT2D eigenvalue weighted by Gasteiger charge is 2.26. The number of carbonyl (C=O) groups excluding carboxylic acids is 3. The zero-order valence-corrected chi connectivity index (χ0v) is 16.8. The topological polar surface area (TPSA) is 108 Å². The second-order valence-electron chi connectivity index (χ2n) is 7.15. The third-order valence-electron chi connectivity index (χ3n) is 4.83. The van der Waals surface area contributed by atoms with E-state index in [1.807, 2.05) is 30.3 Å². The molecule has 0 aliphatic heterocycles. The fraction of sp³-hybridized carbons (Fsp3) is 0.217. The second-order valence-corrected chi connectivity index (χ2v) is 7.15. The SMILES string of the molecule is CC(=O)NC(C(=O)NC(Cc1ccccc1)C(C)=O)c1ccc2cc[nH]c(=O)c2c1. The molecule has 1 heterocycles. The molecule has 0 aliphatic carbocycles. The van der Waals surface area contributed by atoms with Crippen LogP contribution in [0.4, 0.5) is 0 Å². The number of aromatic nitrogens is 1. The minimum absolute atomic E-state index is 0.191. The number of carbonyl (C=O) groups is 3. The number of fused-ring (bicyclic) bond motifs is 1. The van der Waals surface area contributed by atoms with Crippen molar-refractivity contribution < 1.29 is 14.4 Å². The molecule has 2 amide bonds. The van der Waals surface area contributed by atoms with Crippen molar-refractivity contribution in [2.24, 2.45) is 0 Å². The molecule has 1 aromatic heterocycles. The van der Waals surface area contributed by atoms with Gasteiger partial charge < -0.3 is 15.6 Å². The Morgan fingerprint density at radius 1 is 0.967 bits per heavy atom. The van der Waals surface area contributed by atoms with Gasteiger partial charge in [0.15, 0.2) is 5.78 Å². The number of benzene rings is 2. The Labute approximate surface area is 173 Å². The molecule has 0 spiro atoms. The fourth-order valence-corrected chi connectivity index (χ4v) is 3.29. The maximum absolute atomic E-state index is 13.0. The Morgan fingerprint density at radius 2 is 1.70 bits per heavy atom. The maximum Gasteiger partial charge on any atom is 0.255 e. The molecule has 154 valence electrons. The molecule has 2 atom stereocenters. The number of pyridine rings is 1. The zero-order chi connectivity index (χ0) is 21.7. The lowest BCUT2D eigenvalue weighted by molar-refractivity contribution is -0.130. The van der Waals surface area contributed by atoms with Crippen molar-refractivity contribution >= 4 is 28.4 Å². The van der Waals surface area contributed by atoms with E-state index in [2.05, 4.69) is 15.6 Å². The van der Waals surface area contributed by atoms with Crippen molar-refractivity contribution in [3.05, 3.63) is 82.3 Å². The summed E-state index contributed by atoms with van der Waals surface area (Å²) in [5.41, 5.74) is 1.07. The fourth-order valence-electron chi connectivity index (χ4n) is 3.29. The molecule has 7 nitrogen and oxygen atoms in total. The first kappa shape index (κ1) is 21.0. The summed E-state index contributed by atoms with van der Waals surface area (Å²) in [6.07, 6.45) is 1.88. The van der Waals surface area contributed by atoms with Crippen LogP contribution in [0, 0.1) is 0 Å². The van der Waals surface area contributed by atoms with Crippen LogP contribution < -0.4 is 16.2 Å². The number of rotatable bonds is 7. The summed E-state index contributed by atoms with van der Waals surface area (Å²) in [5.74, 6) is -1.11. The van der Waals surface area contributed by atoms with Crippen molar-refractivity contribution in [2.45, 2.75) is 32.4 Å². The van der Waals surface area contributed by atoms with Crippen molar-refractivity contribution in [3.63, 3.8) is 0 Å². The summed E-state index contributed by atoms with van der Waals surface area (Å²) < 4.78 is 0. The third kappa shape index (κ3) is 5.00. The van der Waals surface area contributed by atoms with Gasteiger partial charge in [-0.15, -0.1) is 0 Å². The molecular formula is C23H23N3O4. The largest absolute Gasteiger partial charge is 0.344 e. The van der Waals surface area contributed by atoms with Gasteiger partial charge in [0.2, 0.25) is 11.8 Å². The van der Waals surface area contributed by atoms with E-state index >= 15 is 0 Å². The summed E-state index contributed by atoms with van der Waals surface area (Å²) >= 11 is 0. The third-order valence-corrected chi connectivity index (χ3v) is 4.83. The van der Waals surface area contributed by atoms with Gasteiger partial charge in [-0.2, -0.15) is 0 Å². The lowest BCUT2D eigenvalue weighted by Crippen LogP contribution is -2.47. The highest BCUT2D eigenvalue weighted by Crippen LogP contribution is 2.19. The Morgan fingerprint density at radius 3 is 2.37 bits per heavy atom. The predicted octanol–water partition coefficient (Wildman–Crippen LogP) is 2.02. The Kier molecular flexibility index (Phi) is 6.41. The van der Waals surface area contributed by atoms with E-state index in [0.29, 0.717) is 17.4 Å². The van der Waals surface area contributed by atoms with Crippen LogP contribution in [0.3, 0.4) is 0 Å². The van der Waals surface area contributed by atoms with Crippen LogP contribution >= 0.6 is 0 Å². The van der Waals surface area contributed by atoms with Crippen LogP contribution in [0.2, 0.25) is 0 Å². The summed E-state index contributed by atoms with van der Waals surface area (Å²) in [5, 5.41) is 6.48. The van der Waals surface area contributed by atoms with Gasteiger partial charge in [-0.1, -0.05) is 42.5 Å². The smallest absolute Gasteiger partial charge is 0.255 e. The molecule has 3 N–H and O–H groups in total. The lowest BCUT2D eigenvalue weighted by atomic mass is 9.99. The van der Waals surface area contributed by atoms with Gasteiger partial charge in [0.1, 0.15) is 6.04 Å². The van der Waals surface area contributed by atoms with Gasteiger partial charge in [-0.25, -0.2) is 0 Å². The molecular weight excluding hydrogens is 382 g/mol. The molecule has 0 saturated heterocycles. The van der Waals surface area contributed by atoms with Gasteiger partial charge in [-0.05, 0) is 42.0 Å². The molecule has 0 bridgehead atoms. The van der Waals surface area contributed by atoms with Crippen LogP contribution in [-0.4, -0.2) is 28.6 Å². The summed E-state index contributed by atoms with van der Waals surface area (Å²) in [6.45, 7) is 2.72. The van der Waals surface area contributed by atoms with E-state index in [1.54, 1.807) is 30.5 Å². The van der Waals surface area contributed by atoms with Crippen LogP contribution in [0.1, 0.15) is 31.0 Å². The van der Waals surface area contributed by atoms with E-state index in [4.69, 9.17) is 0 Å². The average molecular weight is 405 g/mol. The number of Topliss-reactive ketones (excluding diaryl/α,β-unsaturated/α-hetero) is 1. The summed E-state index contributed by atoms with van der Waals surface area (Å²) in [6, 6.07) is 14.3. The molecule has 0 saturated carbocycles. The number of H-pyrrole nitrogens is 1. The summed E-state index contributed by atoms with van der Waals surface area (Å²) in [7, 11) is 0. The molecule has 3 aromatic rings. The molecule has 0 fully saturated rings. The molecule has 2 aromatic carbocycles.